The van der Waals surface area contributed by atoms with Crippen LogP contribution in [-0.4, -0.2) is 17.9 Å². The first-order valence-corrected chi connectivity index (χ1v) is 4.78. The third kappa shape index (κ3) is 2.79. The summed E-state index contributed by atoms with van der Waals surface area (Å²) in [7, 11) is 0. The van der Waals surface area contributed by atoms with E-state index in [0.29, 0.717) is 5.56 Å². The molecular formula is C11H13FN2O2. The number of benzene rings is 1. The van der Waals surface area contributed by atoms with Gasteiger partial charge in [0.25, 0.3) is 5.91 Å². The normalized spacial score (nSPS) is 11.9. The second kappa shape index (κ2) is 4.74. The van der Waals surface area contributed by atoms with Gasteiger partial charge < -0.3 is 11.1 Å². The zero-order valence-electron chi connectivity index (χ0n) is 9.08. The van der Waals surface area contributed by atoms with Gasteiger partial charge in [-0.05, 0) is 31.5 Å². The summed E-state index contributed by atoms with van der Waals surface area (Å²) in [6.45, 7) is 3.15. The standard InChI is InChI=1S/C11H13FN2O2/c1-6-3-4-8(12)5-9(6)11(16)14-7(2)10(13)15/h3-5,7H,1-2H3,(H2,13,15)(H,14,16). The molecule has 1 aromatic carbocycles. The number of halogens is 1. The fourth-order valence-corrected chi connectivity index (χ4v) is 1.18. The zero-order chi connectivity index (χ0) is 12.3. The number of hydrogen-bond donors (Lipinski definition) is 2. The summed E-state index contributed by atoms with van der Waals surface area (Å²) >= 11 is 0. The minimum Gasteiger partial charge on any atom is -0.368 e. The molecule has 0 aromatic heterocycles. The molecule has 1 rings (SSSR count). The minimum absolute atomic E-state index is 0.202. The zero-order valence-corrected chi connectivity index (χ0v) is 9.08. The van der Waals surface area contributed by atoms with E-state index in [2.05, 4.69) is 5.32 Å². The van der Waals surface area contributed by atoms with Crippen LogP contribution in [0, 0.1) is 12.7 Å². The molecule has 0 aliphatic heterocycles. The molecule has 16 heavy (non-hydrogen) atoms. The molecular weight excluding hydrogens is 211 g/mol. The van der Waals surface area contributed by atoms with Gasteiger partial charge in [-0.15, -0.1) is 0 Å². The summed E-state index contributed by atoms with van der Waals surface area (Å²) in [5.74, 6) is -1.65. The quantitative estimate of drug-likeness (QED) is 0.794. The Morgan fingerprint density at radius 3 is 2.62 bits per heavy atom. The van der Waals surface area contributed by atoms with Gasteiger partial charge in [-0.2, -0.15) is 0 Å². The monoisotopic (exact) mass is 224 g/mol. The van der Waals surface area contributed by atoms with Gasteiger partial charge in [0.15, 0.2) is 0 Å². The first-order valence-electron chi connectivity index (χ1n) is 4.78. The maximum Gasteiger partial charge on any atom is 0.252 e. The molecule has 3 N–H and O–H groups in total. The van der Waals surface area contributed by atoms with Crippen LogP contribution in [0.25, 0.3) is 0 Å². The lowest BCUT2D eigenvalue weighted by Crippen LogP contribution is -2.42. The highest BCUT2D eigenvalue weighted by atomic mass is 19.1. The van der Waals surface area contributed by atoms with Crippen molar-refractivity contribution >= 4 is 11.8 Å². The molecule has 1 unspecified atom stereocenters. The van der Waals surface area contributed by atoms with Crippen molar-refractivity contribution in [1.29, 1.82) is 0 Å². The van der Waals surface area contributed by atoms with Crippen LogP contribution in [0.1, 0.15) is 22.8 Å². The van der Waals surface area contributed by atoms with Crippen molar-refractivity contribution in [2.24, 2.45) is 5.73 Å². The second-order valence-corrected chi connectivity index (χ2v) is 3.56. The summed E-state index contributed by atoms with van der Waals surface area (Å²) in [6.07, 6.45) is 0. The Bertz CT molecular complexity index is 432. The summed E-state index contributed by atoms with van der Waals surface area (Å²) in [5, 5.41) is 2.38. The number of nitrogens with one attached hydrogen (secondary N) is 1. The maximum absolute atomic E-state index is 12.9. The average Bonchev–Trinajstić information content (AvgIpc) is 2.21. The van der Waals surface area contributed by atoms with Crippen LogP contribution in [0.4, 0.5) is 4.39 Å². The van der Waals surface area contributed by atoms with E-state index in [1.807, 2.05) is 0 Å². The molecule has 0 heterocycles. The number of amides is 2. The Hall–Kier alpha value is -1.91. The van der Waals surface area contributed by atoms with Crippen LogP contribution in [0.2, 0.25) is 0 Å². The fraction of sp³-hybridized carbons (Fsp3) is 0.273. The molecule has 0 saturated carbocycles. The summed E-state index contributed by atoms with van der Waals surface area (Å²) in [5.41, 5.74) is 5.84. The van der Waals surface area contributed by atoms with Crippen molar-refractivity contribution in [3.63, 3.8) is 0 Å². The van der Waals surface area contributed by atoms with Gasteiger partial charge in [-0.1, -0.05) is 6.07 Å². The number of rotatable bonds is 3. The van der Waals surface area contributed by atoms with Crippen molar-refractivity contribution in [1.82, 2.24) is 5.32 Å². The van der Waals surface area contributed by atoms with Crippen molar-refractivity contribution in [3.8, 4) is 0 Å². The highest BCUT2D eigenvalue weighted by molar-refractivity contribution is 5.98. The van der Waals surface area contributed by atoms with Crippen LogP contribution in [0.3, 0.4) is 0 Å². The highest BCUT2D eigenvalue weighted by Crippen LogP contribution is 2.10. The molecule has 0 radical (unpaired) electrons. The third-order valence-corrected chi connectivity index (χ3v) is 2.22. The van der Waals surface area contributed by atoms with E-state index in [9.17, 15) is 14.0 Å². The Morgan fingerprint density at radius 1 is 1.44 bits per heavy atom. The van der Waals surface area contributed by atoms with Crippen LogP contribution in [0.15, 0.2) is 18.2 Å². The highest BCUT2D eigenvalue weighted by Gasteiger charge is 2.15. The SMILES string of the molecule is Cc1ccc(F)cc1C(=O)NC(C)C(N)=O. The average molecular weight is 224 g/mol. The molecule has 1 atom stereocenters. The predicted molar refractivity (Wildman–Crippen MR) is 57.3 cm³/mol. The Labute approximate surface area is 92.6 Å². The molecule has 0 aliphatic carbocycles. The fourth-order valence-electron chi connectivity index (χ4n) is 1.18. The molecule has 5 heteroatoms. The van der Waals surface area contributed by atoms with E-state index < -0.39 is 23.7 Å². The van der Waals surface area contributed by atoms with Gasteiger partial charge in [0.1, 0.15) is 11.9 Å². The lowest BCUT2D eigenvalue weighted by Gasteiger charge is -2.11. The molecule has 4 nitrogen and oxygen atoms in total. The summed E-state index contributed by atoms with van der Waals surface area (Å²) in [4.78, 5) is 22.4. The van der Waals surface area contributed by atoms with Gasteiger partial charge in [0, 0.05) is 5.56 Å². The molecule has 0 bridgehead atoms. The second-order valence-electron chi connectivity index (χ2n) is 3.56. The minimum atomic E-state index is -0.782. The van der Waals surface area contributed by atoms with E-state index >= 15 is 0 Å². The number of carbonyl (C=O) groups is 2. The van der Waals surface area contributed by atoms with E-state index in [1.54, 1.807) is 6.92 Å². The maximum atomic E-state index is 12.9. The van der Waals surface area contributed by atoms with Crippen LogP contribution >= 0.6 is 0 Å². The van der Waals surface area contributed by atoms with Gasteiger partial charge >= 0.3 is 0 Å². The summed E-state index contributed by atoms with van der Waals surface area (Å²) < 4.78 is 12.9. The third-order valence-electron chi connectivity index (χ3n) is 2.22. The molecule has 0 spiro atoms. The van der Waals surface area contributed by atoms with Crippen LogP contribution < -0.4 is 11.1 Å². The molecule has 0 aliphatic rings. The van der Waals surface area contributed by atoms with E-state index in [1.165, 1.54) is 19.1 Å². The van der Waals surface area contributed by atoms with Gasteiger partial charge in [0.2, 0.25) is 5.91 Å². The van der Waals surface area contributed by atoms with Crippen LogP contribution in [0.5, 0.6) is 0 Å². The first kappa shape index (κ1) is 12.2. The van der Waals surface area contributed by atoms with Gasteiger partial charge in [-0.3, -0.25) is 9.59 Å². The number of nitrogens with two attached hydrogens (primary N) is 1. The van der Waals surface area contributed by atoms with E-state index in [4.69, 9.17) is 5.73 Å². The van der Waals surface area contributed by atoms with Crippen molar-refractivity contribution < 1.29 is 14.0 Å². The smallest absolute Gasteiger partial charge is 0.252 e. The Morgan fingerprint density at radius 2 is 2.06 bits per heavy atom. The topological polar surface area (TPSA) is 72.2 Å². The molecule has 0 saturated heterocycles. The predicted octanol–water partition coefficient (Wildman–Crippen LogP) is 0.738. The van der Waals surface area contributed by atoms with Gasteiger partial charge in [0.05, 0.1) is 0 Å². The number of aryl methyl sites for hydroxylation is 1. The number of hydrogen-bond acceptors (Lipinski definition) is 2. The van der Waals surface area contributed by atoms with Crippen molar-refractivity contribution in [2.45, 2.75) is 19.9 Å². The Kier molecular flexibility index (Phi) is 3.60. The first-order chi connectivity index (χ1) is 7.41. The van der Waals surface area contributed by atoms with Crippen molar-refractivity contribution in [2.75, 3.05) is 0 Å². The summed E-state index contributed by atoms with van der Waals surface area (Å²) in [6, 6.07) is 3.11. The molecule has 86 valence electrons. The largest absolute Gasteiger partial charge is 0.368 e. The number of carbonyl (C=O) groups excluding carboxylic acids is 2. The molecule has 0 fully saturated rings. The lowest BCUT2D eigenvalue weighted by atomic mass is 10.1. The Balaban J connectivity index is 2.88. The lowest BCUT2D eigenvalue weighted by molar-refractivity contribution is -0.119. The van der Waals surface area contributed by atoms with E-state index in [0.717, 1.165) is 6.07 Å². The number of primary amides is 1. The molecule has 1 aromatic rings. The van der Waals surface area contributed by atoms with Crippen molar-refractivity contribution in [3.05, 3.63) is 35.1 Å². The molecule has 2 amide bonds. The van der Waals surface area contributed by atoms with Gasteiger partial charge in [-0.25, -0.2) is 4.39 Å². The van der Waals surface area contributed by atoms with E-state index in [-0.39, 0.29) is 5.56 Å². The van der Waals surface area contributed by atoms with Crippen LogP contribution in [-0.2, 0) is 4.79 Å².